The van der Waals surface area contributed by atoms with Gasteiger partial charge in [0.05, 0.1) is 27.0 Å². The van der Waals surface area contributed by atoms with Crippen molar-refractivity contribution in [3.05, 3.63) is 42.4 Å². The number of para-hydroxylation sites is 1. The first kappa shape index (κ1) is 20.8. The van der Waals surface area contributed by atoms with Gasteiger partial charge in [0.15, 0.2) is 11.5 Å². The second-order valence-corrected chi connectivity index (χ2v) is 4.71. The molecule has 0 aliphatic rings. The number of ether oxygens (including phenoxy) is 3. The minimum atomic E-state index is -1.82. The van der Waals surface area contributed by atoms with E-state index in [2.05, 4.69) is 5.32 Å². The number of carboxylic acid groups (broad SMARTS) is 2. The summed E-state index contributed by atoms with van der Waals surface area (Å²) in [7, 11) is 3.22. The molecule has 26 heavy (non-hydrogen) atoms. The number of hydrogen-bond donors (Lipinski definition) is 3. The number of furan rings is 1. The van der Waals surface area contributed by atoms with E-state index in [9.17, 15) is 0 Å². The third kappa shape index (κ3) is 7.14. The van der Waals surface area contributed by atoms with Gasteiger partial charge in [-0.3, -0.25) is 0 Å². The molecule has 3 N–H and O–H groups in total. The van der Waals surface area contributed by atoms with E-state index in [1.807, 2.05) is 30.3 Å². The van der Waals surface area contributed by atoms with Crippen LogP contribution >= 0.6 is 0 Å². The van der Waals surface area contributed by atoms with Gasteiger partial charge in [-0.25, -0.2) is 9.59 Å². The van der Waals surface area contributed by atoms with Gasteiger partial charge in [0.25, 0.3) is 0 Å². The van der Waals surface area contributed by atoms with E-state index in [-0.39, 0.29) is 0 Å². The lowest BCUT2D eigenvalue weighted by Gasteiger charge is -2.14. The van der Waals surface area contributed by atoms with Crippen LogP contribution in [-0.2, 0) is 16.1 Å². The summed E-state index contributed by atoms with van der Waals surface area (Å²) in [6, 6.07) is 9.34. The van der Waals surface area contributed by atoms with Crippen LogP contribution in [0.4, 0.5) is 0 Å². The molecular weight excluding hydrogens is 346 g/mol. The van der Waals surface area contributed by atoms with E-state index < -0.39 is 11.9 Å². The number of methoxy groups -OCH3 is 2. The monoisotopic (exact) mass is 367 g/mol. The normalized spacial score (nSPS) is 9.62. The van der Waals surface area contributed by atoms with Gasteiger partial charge in [0.1, 0.15) is 12.4 Å². The number of carbonyl (C=O) groups is 2. The lowest BCUT2D eigenvalue weighted by Crippen LogP contribution is -2.20. The number of hydrogen-bond acceptors (Lipinski definition) is 7. The van der Waals surface area contributed by atoms with E-state index in [1.165, 1.54) is 0 Å². The molecular formula is C17H21NO8. The van der Waals surface area contributed by atoms with Gasteiger partial charge in [-0.2, -0.15) is 0 Å². The summed E-state index contributed by atoms with van der Waals surface area (Å²) in [6.45, 7) is 1.89. The molecule has 142 valence electrons. The molecule has 0 bridgehead atoms. The predicted molar refractivity (Wildman–Crippen MR) is 90.7 cm³/mol. The lowest BCUT2D eigenvalue weighted by molar-refractivity contribution is -0.159. The van der Waals surface area contributed by atoms with Crippen LogP contribution < -0.4 is 19.5 Å². The van der Waals surface area contributed by atoms with Crippen LogP contribution in [0.2, 0.25) is 0 Å². The van der Waals surface area contributed by atoms with Crippen molar-refractivity contribution in [3.63, 3.8) is 0 Å². The fourth-order valence-corrected chi connectivity index (χ4v) is 1.81. The molecule has 0 aliphatic heterocycles. The Labute approximate surface area is 150 Å². The van der Waals surface area contributed by atoms with Gasteiger partial charge in [-0.05, 0) is 24.3 Å². The Morgan fingerprint density at radius 2 is 1.65 bits per heavy atom. The Morgan fingerprint density at radius 1 is 1.04 bits per heavy atom. The summed E-state index contributed by atoms with van der Waals surface area (Å²) < 4.78 is 21.5. The zero-order valence-electron chi connectivity index (χ0n) is 14.4. The van der Waals surface area contributed by atoms with Crippen LogP contribution in [0.15, 0.2) is 41.0 Å². The Bertz CT molecular complexity index is 650. The highest BCUT2D eigenvalue weighted by atomic mass is 16.5. The molecule has 0 saturated carbocycles. The fourth-order valence-electron chi connectivity index (χ4n) is 1.81. The van der Waals surface area contributed by atoms with Gasteiger partial charge in [-0.15, -0.1) is 0 Å². The topological polar surface area (TPSA) is 127 Å². The Morgan fingerprint density at radius 3 is 2.12 bits per heavy atom. The van der Waals surface area contributed by atoms with E-state index in [4.69, 9.17) is 38.4 Å². The third-order valence-corrected chi connectivity index (χ3v) is 2.97. The van der Waals surface area contributed by atoms with Crippen molar-refractivity contribution < 1.29 is 38.4 Å². The van der Waals surface area contributed by atoms with Gasteiger partial charge in [0.2, 0.25) is 5.75 Å². The molecule has 1 aromatic carbocycles. The Kier molecular flexibility index (Phi) is 9.12. The van der Waals surface area contributed by atoms with Crippen molar-refractivity contribution in [2.45, 2.75) is 6.54 Å². The number of benzene rings is 1. The quantitative estimate of drug-likeness (QED) is 0.471. The lowest BCUT2D eigenvalue weighted by atomic mass is 10.3. The highest BCUT2D eigenvalue weighted by molar-refractivity contribution is 6.27. The largest absolute Gasteiger partial charge is 0.493 e. The number of rotatable bonds is 8. The molecule has 1 heterocycles. The standard InChI is InChI=1S/C15H19NO4.C2H2O4/c1-17-13-6-3-7-14(18-2)15(13)20-10-8-16-11-12-5-4-9-19-12;3-1(4)2(5)6/h3-7,9,16H,8,10-11H2,1-2H3;(H,3,4)(H,5,6). The summed E-state index contributed by atoms with van der Waals surface area (Å²) in [5.74, 6) is -0.798. The van der Waals surface area contributed by atoms with Crippen molar-refractivity contribution in [1.29, 1.82) is 0 Å². The van der Waals surface area contributed by atoms with Gasteiger partial charge >= 0.3 is 11.9 Å². The van der Waals surface area contributed by atoms with Gasteiger partial charge in [-0.1, -0.05) is 6.07 Å². The third-order valence-electron chi connectivity index (χ3n) is 2.97. The summed E-state index contributed by atoms with van der Waals surface area (Å²) in [4.78, 5) is 18.2. The second kappa shape index (κ2) is 11.4. The average molecular weight is 367 g/mol. The van der Waals surface area contributed by atoms with E-state index in [1.54, 1.807) is 20.5 Å². The maximum atomic E-state index is 9.10. The molecule has 0 spiro atoms. The predicted octanol–water partition coefficient (Wildman–Crippen LogP) is 1.62. The second-order valence-electron chi connectivity index (χ2n) is 4.71. The van der Waals surface area contributed by atoms with Crippen LogP contribution in [0.1, 0.15) is 5.76 Å². The Hall–Kier alpha value is -3.20. The first-order chi connectivity index (χ1) is 12.5. The first-order valence-electron chi connectivity index (χ1n) is 7.52. The minimum absolute atomic E-state index is 0.511. The van der Waals surface area contributed by atoms with Crippen molar-refractivity contribution >= 4 is 11.9 Å². The molecule has 2 rings (SSSR count). The molecule has 2 aromatic rings. The van der Waals surface area contributed by atoms with Crippen LogP contribution in [-0.4, -0.2) is 49.5 Å². The van der Waals surface area contributed by atoms with E-state index >= 15 is 0 Å². The maximum absolute atomic E-state index is 9.10. The first-order valence-corrected chi connectivity index (χ1v) is 7.52. The summed E-state index contributed by atoms with van der Waals surface area (Å²) in [5, 5.41) is 18.0. The minimum Gasteiger partial charge on any atom is -0.493 e. The Balaban J connectivity index is 0.000000487. The molecule has 0 aliphatic carbocycles. The molecule has 0 atom stereocenters. The summed E-state index contributed by atoms with van der Waals surface area (Å²) >= 11 is 0. The molecule has 1 aromatic heterocycles. The zero-order valence-corrected chi connectivity index (χ0v) is 14.4. The molecule has 0 unspecified atom stereocenters. The highest BCUT2D eigenvalue weighted by Crippen LogP contribution is 2.36. The van der Waals surface area contributed by atoms with Crippen LogP contribution in [0.5, 0.6) is 17.2 Å². The van der Waals surface area contributed by atoms with Crippen LogP contribution in [0, 0.1) is 0 Å². The number of nitrogens with one attached hydrogen (secondary N) is 1. The number of aliphatic carboxylic acids is 2. The zero-order chi connectivity index (χ0) is 19.4. The van der Waals surface area contributed by atoms with E-state index in [0.717, 1.165) is 5.76 Å². The molecule has 0 fully saturated rings. The van der Waals surface area contributed by atoms with Crippen molar-refractivity contribution in [2.24, 2.45) is 0 Å². The number of carboxylic acids is 2. The molecule has 9 nitrogen and oxygen atoms in total. The fraction of sp³-hybridized carbons (Fsp3) is 0.294. The van der Waals surface area contributed by atoms with Crippen molar-refractivity contribution in [3.8, 4) is 17.2 Å². The smallest absolute Gasteiger partial charge is 0.414 e. The molecule has 0 radical (unpaired) electrons. The maximum Gasteiger partial charge on any atom is 0.414 e. The summed E-state index contributed by atoms with van der Waals surface area (Å²) in [5.41, 5.74) is 0. The van der Waals surface area contributed by atoms with Gasteiger partial charge in [0, 0.05) is 6.54 Å². The van der Waals surface area contributed by atoms with Gasteiger partial charge < -0.3 is 34.2 Å². The van der Waals surface area contributed by atoms with E-state index in [0.29, 0.717) is 36.9 Å². The van der Waals surface area contributed by atoms with Crippen LogP contribution in [0.3, 0.4) is 0 Å². The SMILES string of the molecule is COc1cccc(OC)c1OCCNCc1ccco1.O=C(O)C(=O)O. The van der Waals surface area contributed by atoms with Crippen molar-refractivity contribution in [2.75, 3.05) is 27.4 Å². The summed E-state index contributed by atoms with van der Waals surface area (Å²) in [6.07, 6.45) is 1.66. The molecule has 9 heteroatoms. The van der Waals surface area contributed by atoms with Crippen molar-refractivity contribution in [1.82, 2.24) is 5.32 Å². The molecule has 0 saturated heterocycles. The van der Waals surface area contributed by atoms with Crippen LogP contribution in [0.25, 0.3) is 0 Å². The highest BCUT2D eigenvalue weighted by Gasteiger charge is 2.10. The molecule has 0 amide bonds. The average Bonchev–Trinajstić information content (AvgIpc) is 3.15.